The lowest BCUT2D eigenvalue weighted by Crippen LogP contribution is -2.51. The monoisotopic (exact) mass is 289 g/mol. The van der Waals surface area contributed by atoms with E-state index >= 15 is 0 Å². The van der Waals surface area contributed by atoms with Gasteiger partial charge in [0.15, 0.2) is 0 Å². The number of hydrogen-bond donors (Lipinski definition) is 1. The zero-order valence-electron chi connectivity index (χ0n) is 12.1. The summed E-state index contributed by atoms with van der Waals surface area (Å²) in [6.07, 6.45) is 8.96. The SMILES string of the molecule is CN(CCS(C)(=O)=O)C1CC(O)CCC12CCCC2. The molecule has 0 radical (unpaired) electrons. The van der Waals surface area contributed by atoms with Crippen LogP contribution < -0.4 is 0 Å². The average molecular weight is 289 g/mol. The highest BCUT2D eigenvalue weighted by atomic mass is 32.2. The van der Waals surface area contributed by atoms with Gasteiger partial charge >= 0.3 is 0 Å². The highest BCUT2D eigenvalue weighted by Crippen LogP contribution is 2.50. The van der Waals surface area contributed by atoms with Crippen LogP contribution >= 0.6 is 0 Å². The molecule has 112 valence electrons. The van der Waals surface area contributed by atoms with Crippen molar-refractivity contribution in [1.82, 2.24) is 4.90 Å². The predicted molar refractivity (Wildman–Crippen MR) is 76.9 cm³/mol. The Hall–Kier alpha value is -0.130. The summed E-state index contributed by atoms with van der Waals surface area (Å²) in [5, 5.41) is 9.96. The number of sulfone groups is 1. The van der Waals surface area contributed by atoms with Gasteiger partial charge in [-0.25, -0.2) is 8.42 Å². The molecule has 2 aliphatic rings. The zero-order chi connectivity index (χ0) is 14.1. The first kappa shape index (κ1) is 15.3. The van der Waals surface area contributed by atoms with Crippen molar-refractivity contribution in [2.45, 2.75) is 57.1 Å². The summed E-state index contributed by atoms with van der Waals surface area (Å²) >= 11 is 0. The van der Waals surface area contributed by atoms with E-state index in [1.165, 1.54) is 31.9 Å². The normalized spacial score (nSPS) is 31.2. The fraction of sp³-hybridized carbons (Fsp3) is 1.00. The van der Waals surface area contributed by atoms with Crippen LogP contribution in [0.15, 0.2) is 0 Å². The maximum atomic E-state index is 11.3. The summed E-state index contributed by atoms with van der Waals surface area (Å²) in [6.45, 7) is 0.581. The molecule has 0 aromatic rings. The summed E-state index contributed by atoms with van der Waals surface area (Å²) in [4.78, 5) is 2.19. The van der Waals surface area contributed by atoms with Crippen molar-refractivity contribution in [3.05, 3.63) is 0 Å². The van der Waals surface area contributed by atoms with Crippen molar-refractivity contribution in [3.8, 4) is 0 Å². The second kappa shape index (κ2) is 5.70. The third-order valence-corrected chi connectivity index (χ3v) is 6.05. The molecule has 0 saturated heterocycles. The molecule has 0 amide bonds. The van der Waals surface area contributed by atoms with Crippen LogP contribution in [0.2, 0.25) is 0 Å². The lowest BCUT2D eigenvalue weighted by Gasteiger charge is -2.47. The second-order valence-electron chi connectivity index (χ2n) is 6.62. The molecule has 4 nitrogen and oxygen atoms in total. The van der Waals surface area contributed by atoms with Gasteiger partial charge in [-0.3, -0.25) is 0 Å². The second-order valence-corrected chi connectivity index (χ2v) is 8.88. The molecular formula is C14H27NO3S. The summed E-state index contributed by atoms with van der Waals surface area (Å²) < 4.78 is 22.6. The molecule has 0 aromatic carbocycles. The minimum Gasteiger partial charge on any atom is -0.393 e. The predicted octanol–water partition coefficient (Wildman–Crippen LogP) is 1.44. The van der Waals surface area contributed by atoms with E-state index in [1.807, 2.05) is 7.05 Å². The molecule has 2 saturated carbocycles. The van der Waals surface area contributed by atoms with Gasteiger partial charge in [-0.2, -0.15) is 0 Å². The van der Waals surface area contributed by atoms with Crippen LogP contribution in [0.1, 0.15) is 44.9 Å². The van der Waals surface area contributed by atoms with Crippen LogP contribution in [0.25, 0.3) is 0 Å². The molecule has 2 unspecified atom stereocenters. The van der Waals surface area contributed by atoms with Crippen LogP contribution in [-0.4, -0.2) is 56.2 Å². The van der Waals surface area contributed by atoms with Gasteiger partial charge in [0.1, 0.15) is 9.84 Å². The molecule has 2 rings (SSSR count). The van der Waals surface area contributed by atoms with Gasteiger partial charge in [-0.15, -0.1) is 0 Å². The van der Waals surface area contributed by atoms with Gasteiger partial charge in [-0.1, -0.05) is 12.8 Å². The molecule has 19 heavy (non-hydrogen) atoms. The van der Waals surface area contributed by atoms with Gasteiger partial charge in [0.05, 0.1) is 11.9 Å². The zero-order valence-corrected chi connectivity index (χ0v) is 13.0. The van der Waals surface area contributed by atoms with E-state index in [4.69, 9.17) is 0 Å². The minimum absolute atomic E-state index is 0.211. The van der Waals surface area contributed by atoms with Crippen LogP contribution in [-0.2, 0) is 9.84 Å². The summed E-state index contributed by atoms with van der Waals surface area (Å²) in [6, 6.07) is 0.348. The highest BCUT2D eigenvalue weighted by Gasteiger charge is 2.46. The Morgan fingerprint density at radius 2 is 1.89 bits per heavy atom. The number of rotatable bonds is 4. The Labute approximate surface area is 117 Å². The topological polar surface area (TPSA) is 57.6 Å². The van der Waals surface area contributed by atoms with Crippen LogP contribution in [0.4, 0.5) is 0 Å². The van der Waals surface area contributed by atoms with Crippen LogP contribution in [0, 0.1) is 5.41 Å². The fourth-order valence-electron chi connectivity index (χ4n) is 4.02. The molecule has 0 bridgehead atoms. The third-order valence-electron chi connectivity index (χ3n) is 5.12. The van der Waals surface area contributed by atoms with Crippen molar-refractivity contribution in [2.24, 2.45) is 5.41 Å². The molecule has 2 fully saturated rings. The standard InChI is InChI=1S/C14H27NO3S/c1-15(9-10-19(2,17)18)13-11-12(16)5-8-14(13)6-3-4-7-14/h12-13,16H,3-11H2,1-2H3. The van der Waals surface area contributed by atoms with Crippen LogP contribution in [0.5, 0.6) is 0 Å². The first-order valence-corrected chi connectivity index (χ1v) is 9.44. The first-order valence-electron chi connectivity index (χ1n) is 7.38. The van der Waals surface area contributed by atoms with E-state index in [2.05, 4.69) is 4.90 Å². The molecule has 5 heteroatoms. The lowest BCUT2D eigenvalue weighted by atomic mass is 9.67. The van der Waals surface area contributed by atoms with Crippen molar-refractivity contribution in [3.63, 3.8) is 0 Å². The number of aliphatic hydroxyl groups excluding tert-OH is 1. The Bertz CT molecular complexity index is 401. The minimum atomic E-state index is -2.91. The smallest absolute Gasteiger partial charge is 0.148 e. The molecule has 0 aromatic heterocycles. The van der Waals surface area contributed by atoms with E-state index in [0.29, 0.717) is 18.0 Å². The van der Waals surface area contributed by atoms with Gasteiger partial charge in [0.2, 0.25) is 0 Å². The summed E-state index contributed by atoms with van der Waals surface area (Å²) in [7, 11) is -0.889. The van der Waals surface area contributed by atoms with E-state index < -0.39 is 9.84 Å². The highest BCUT2D eigenvalue weighted by molar-refractivity contribution is 7.90. The molecule has 0 heterocycles. The largest absolute Gasteiger partial charge is 0.393 e. The molecule has 0 aliphatic heterocycles. The molecule has 2 aliphatic carbocycles. The quantitative estimate of drug-likeness (QED) is 0.851. The third kappa shape index (κ3) is 3.70. The van der Waals surface area contributed by atoms with Crippen molar-refractivity contribution >= 4 is 9.84 Å². The number of hydrogen-bond acceptors (Lipinski definition) is 4. The van der Waals surface area contributed by atoms with Gasteiger partial charge in [0.25, 0.3) is 0 Å². The van der Waals surface area contributed by atoms with Crippen molar-refractivity contribution < 1.29 is 13.5 Å². The maximum absolute atomic E-state index is 11.3. The fourth-order valence-corrected chi connectivity index (χ4v) is 4.64. The Morgan fingerprint density at radius 1 is 1.26 bits per heavy atom. The molecule has 2 atom stereocenters. The molecule has 1 N–H and O–H groups in total. The molecular weight excluding hydrogens is 262 g/mol. The van der Waals surface area contributed by atoms with E-state index in [9.17, 15) is 13.5 Å². The summed E-state index contributed by atoms with van der Waals surface area (Å²) in [5.74, 6) is 0.214. The van der Waals surface area contributed by atoms with Crippen molar-refractivity contribution in [1.29, 1.82) is 0 Å². The Morgan fingerprint density at radius 3 is 2.47 bits per heavy atom. The Balaban J connectivity index is 2.05. The van der Waals surface area contributed by atoms with Crippen molar-refractivity contribution in [2.75, 3.05) is 25.6 Å². The molecule has 1 spiro atoms. The number of nitrogens with zero attached hydrogens (tertiary/aromatic N) is 1. The van der Waals surface area contributed by atoms with Gasteiger partial charge < -0.3 is 10.0 Å². The first-order chi connectivity index (χ1) is 8.82. The Kier molecular flexibility index (Phi) is 4.58. The van der Waals surface area contributed by atoms with Gasteiger partial charge in [-0.05, 0) is 44.6 Å². The lowest BCUT2D eigenvalue weighted by molar-refractivity contribution is -0.0146. The van der Waals surface area contributed by atoms with Crippen LogP contribution in [0.3, 0.4) is 0 Å². The maximum Gasteiger partial charge on any atom is 0.148 e. The van der Waals surface area contributed by atoms with E-state index in [1.54, 1.807) is 0 Å². The van der Waals surface area contributed by atoms with E-state index in [0.717, 1.165) is 19.3 Å². The van der Waals surface area contributed by atoms with E-state index in [-0.39, 0.29) is 11.9 Å². The number of aliphatic hydroxyl groups is 1. The average Bonchev–Trinajstić information content (AvgIpc) is 2.78. The summed E-state index contributed by atoms with van der Waals surface area (Å²) in [5.41, 5.74) is 0.339. The van der Waals surface area contributed by atoms with Gasteiger partial charge in [0, 0.05) is 18.8 Å².